The lowest BCUT2D eigenvalue weighted by Crippen LogP contribution is -2.38. The first-order chi connectivity index (χ1) is 11.7. The van der Waals surface area contributed by atoms with E-state index < -0.39 is 0 Å². The van der Waals surface area contributed by atoms with Gasteiger partial charge in [0.05, 0.1) is 16.9 Å². The SMILES string of the molecule is Cc1nc2cccc(CCCCCO)c2c(=O)n1C1CCCNC1. The Morgan fingerprint density at radius 1 is 1.33 bits per heavy atom. The zero-order valence-electron chi connectivity index (χ0n) is 14.4. The molecule has 1 aromatic heterocycles. The Kier molecular flexibility index (Phi) is 5.63. The molecule has 1 aromatic carbocycles. The molecule has 0 spiro atoms. The van der Waals surface area contributed by atoms with Crippen molar-refractivity contribution >= 4 is 10.9 Å². The number of aromatic nitrogens is 2. The van der Waals surface area contributed by atoms with Crippen molar-refractivity contribution in [2.24, 2.45) is 0 Å². The van der Waals surface area contributed by atoms with E-state index in [9.17, 15) is 4.79 Å². The molecule has 2 aromatic rings. The van der Waals surface area contributed by atoms with E-state index in [1.165, 1.54) is 0 Å². The zero-order chi connectivity index (χ0) is 16.9. The molecule has 1 aliphatic rings. The molecule has 1 atom stereocenters. The summed E-state index contributed by atoms with van der Waals surface area (Å²) in [6.45, 7) is 4.04. The fraction of sp³-hybridized carbons (Fsp3) is 0.579. The minimum Gasteiger partial charge on any atom is -0.396 e. The van der Waals surface area contributed by atoms with Gasteiger partial charge in [-0.1, -0.05) is 18.6 Å². The van der Waals surface area contributed by atoms with Gasteiger partial charge in [0.25, 0.3) is 5.56 Å². The maximum absolute atomic E-state index is 13.2. The van der Waals surface area contributed by atoms with Crippen LogP contribution in [0.2, 0.25) is 0 Å². The van der Waals surface area contributed by atoms with Crippen LogP contribution in [-0.4, -0.2) is 34.4 Å². The highest BCUT2D eigenvalue weighted by Crippen LogP contribution is 2.21. The van der Waals surface area contributed by atoms with Crippen molar-refractivity contribution < 1.29 is 5.11 Å². The van der Waals surface area contributed by atoms with Gasteiger partial charge < -0.3 is 10.4 Å². The van der Waals surface area contributed by atoms with E-state index in [0.717, 1.165) is 73.9 Å². The van der Waals surface area contributed by atoms with Gasteiger partial charge in [0.15, 0.2) is 0 Å². The molecule has 1 aliphatic heterocycles. The summed E-state index contributed by atoms with van der Waals surface area (Å²) in [6, 6.07) is 6.17. The molecule has 5 heteroatoms. The summed E-state index contributed by atoms with van der Waals surface area (Å²) in [5.41, 5.74) is 1.99. The van der Waals surface area contributed by atoms with Crippen LogP contribution in [0.25, 0.3) is 10.9 Å². The van der Waals surface area contributed by atoms with E-state index in [1.807, 2.05) is 29.7 Å². The van der Waals surface area contributed by atoms with Gasteiger partial charge in [-0.15, -0.1) is 0 Å². The number of hydrogen-bond donors (Lipinski definition) is 2. The number of hydrogen-bond acceptors (Lipinski definition) is 4. The van der Waals surface area contributed by atoms with Gasteiger partial charge in [-0.25, -0.2) is 4.98 Å². The highest BCUT2D eigenvalue weighted by atomic mass is 16.2. The largest absolute Gasteiger partial charge is 0.396 e. The number of fused-ring (bicyclic) bond motifs is 1. The predicted molar refractivity (Wildman–Crippen MR) is 96.5 cm³/mol. The highest BCUT2D eigenvalue weighted by Gasteiger charge is 2.20. The van der Waals surface area contributed by atoms with E-state index in [1.54, 1.807) is 0 Å². The molecule has 0 aliphatic carbocycles. The van der Waals surface area contributed by atoms with E-state index in [2.05, 4.69) is 5.32 Å². The Hall–Kier alpha value is -1.72. The summed E-state index contributed by atoms with van der Waals surface area (Å²) in [4.78, 5) is 17.9. The topological polar surface area (TPSA) is 67.2 Å². The number of unbranched alkanes of at least 4 members (excludes halogenated alkanes) is 2. The van der Waals surface area contributed by atoms with Crippen molar-refractivity contribution in [3.8, 4) is 0 Å². The Labute approximate surface area is 142 Å². The van der Waals surface area contributed by atoms with Crippen LogP contribution in [0, 0.1) is 6.92 Å². The summed E-state index contributed by atoms with van der Waals surface area (Å²) < 4.78 is 1.89. The lowest BCUT2D eigenvalue weighted by atomic mass is 10.0. The number of aryl methyl sites for hydroxylation is 2. The molecular weight excluding hydrogens is 302 g/mol. The van der Waals surface area contributed by atoms with Gasteiger partial charge in [0.2, 0.25) is 0 Å². The Morgan fingerprint density at radius 2 is 2.21 bits per heavy atom. The molecule has 0 radical (unpaired) electrons. The smallest absolute Gasteiger partial charge is 0.261 e. The zero-order valence-corrected chi connectivity index (χ0v) is 14.4. The average Bonchev–Trinajstić information content (AvgIpc) is 2.59. The second-order valence-electron chi connectivity index (χ2n) is 6.68. The number of aliphatic hydroxyl groups is 1. The number of benzene rings is 1. The third kappa shape index (κ3) is 3.52. The first-order valence-electron chi connectivity index (χ1n) is 9.04. The molecule has 3 rings (SSSR count). The summed E-state index contributed by atoms with van der Waals surface area (Å²) in [6.07, 6.45) is 5.77. The predicted octanol–water partition coefficient (Wildman–Crippen LogP) is 2.33. The minimum absolute atomic E-state index is 0.101. The van der Waals surface area contributed by atoms with E-state index >= 15 is 0 Å². The normalized spacial score (nSPS) is 18.2. The molecule has 0 amide bonds. The van der Waals surface area contributed by atoms with Crippen molar-refractivity contribution in [1.82, 2.24) is 14.9 Å². The molecule has 5 nitrogen and oxygen atoms in total. The minimum atomic E-state index is 0.101. The molecule has 0 bridgehead atoms. The molecular formula is C19H27N3O2. The van der Waals surface area contributed by atoms with Gasteiger partial charge in [-0.3, -0.25) is 9.36 Å². The summed E-state index contributed by atoms with van der Waals surface area (Å²) in [5.74, 6) is 0.804. The fourth-order valence-electron chi connectivity index (χ4n) is 3.72. The summed E-state index contributed by atoms with van der Waals surface area (Å²) in [5, 5.41) is 13.1. The number of piperidine rings is 1. The molecule has 1 fully saturated rings. The maximum atomic E-state index is 13.2. The Morgan fingerprint density at radius 3 is 2.96 bits per heavy atom. The van der Waals surface area contributed by atoms with Gasteiger partial charge in [0.1, 0.15) is 5.82 Å². The van der Waals surface area contributed by atoms with Gasteiger partial charge in [0, 0.05) is 13.2 Å². The van der Waals surface area contributed by atoms with Gasteiger partial charge >= 0.3 is 0 Å². The molecule has 0 saturated carbocycles. The number of nitrogens with one attached hydrogen (secondary N) is 1. The number of aliphatic hydroxyl groups excluding tert-OH is 1. The van der Waals surface area contributed by atoms with Crippen LogP contribution in [0.15, 0.2) is 23.0 Å². The standard InChI is InChI=1S/C19H27N3O2/c1-14-21-17-10-5-8-15(7-3-2-4-12-23)18(17)19(24)22(14)16-9-6-11-20-13-16/h5,8,10,16,20,23H,2-4,6-7,9,11-13H2,1H3. The monoisotopic (exact) mass is 329 g/mol. The van der Waals surface area contributed by atoms with Crippen molar-refractivity contribution in [3.63, 3.8) is 0 Å². The Bertz CT molecular complexity index is 748. The van der Waals surface area contributed by atoms with Crippen LogP contribution in [-0.2, 0) is 6.42 Å². The average molecular weight is 329 g/mol. The van der Waals surface area contributed by atoms with Gasteiger partial charge in [-0.05, 0) is 57.2 Å². The lowest BCUT2D eigenvalue weighted by Gasteiger charge is -2.26. The van der Waals surface area contributed by atoms with Crippen molar-refractivity contribution in [2.45, 2.75) is 51.5 Å². The molecule has 130 valence electrons. The second-order valence-corrected chi connectivity index (χ2v) is 6.68. The molecule has 2 heterocycles. The molecule has 1 unspecified atom stereocenters. The van der Waals surface area contributed by atoms with Crippen LogP contribution >= 0.6 is 0 Å². The maximum Gasteiger partial charge on any atom is 0.261 e. The quantitative estimate of drug-likeness (QED) is 0.798. The van der Waals surface area contributed by atoms with E-state index in [4.69, 9.17) is 10.1 Å². The lowest BCUT2D eigenvalue weighted by molar-refractivity contribution is 0.283. The van der Waals surface area contributed by atoms with Crippen LogP contribution in [0.3, 0.4) is 0 Å². The third-order valence-electron chi connectivity index (χ3n) is 4.93. The van der Waals surface area contributed by atoms with Crippen molar-refractivity contribution in [3.05, 3.63) is 39.9 Å². The first kappa shape index (κ1) is 17.1. The highest BCUT2D eigenvalue weighted by molar-refractivity contribution is 5.81. The fourth-order valence-corrected chi connectivity index (χ4v) is 3.72. The van der Waals surface area contributed by atoms with Crippen molar-refractivity contribution in [2.75, 3.05) is 19.7 Å². The molecule has 1 saturated heterocycles. The van der Waals surface area contributed by atoms with E-state index in [-0.39, 0.29) is 18.2 Å². The second kappa shape index (κ2) is 7.90. The summed E-state index contributed by atoms with van der Waals surface area (Å²) in [7, 11) is 0. The third-order valence-corrected chi connectivity index (χ3v) is 4.93. The van der Waals surface area contributed by atoms with Crippen LogP contribution in [0.1, 0.15) is 49.5 Å². The summed E-state index contributed by atoms with van der Waals surface area (Å²) >= 11 is 0. The number of nitrogens with zero attached hydrogens (tertiary/aromatic N) is 2. The van der Waals surface area contributed by atoms with E-state index in [0.29, 0.717) is 0 Å². The van der Waals surface area contributed by atoms with Crippen molar-refractivity contribution in [1.29, 1.82) is 0 Å². The molecule has 2 N–H and O–H groups in total. The van der Waals surface area contributed by atoms with Gasteiger partial charge in [-0.2, -0.15) is 0 Å². The van der Waals surface area contributed by atoms with Crippen LogP contribution in [0.5, 0.6) is 0 Å². The first-order valence-corrected chi connectivity index (χ1v) is 9.04. The molecule has 24 heavy (non-hydrogen) atoms. The Balaban J connectivity index is 1.99. The number of rotatable bonds is 6. The van der Waals surface area contributed by atoms with Crippen LogP contribution in [0.4, 0.5) is 0 Å². The van der Waals surface area contributed by atoms with Crippen LogP contribution < -0.4 is 10.9 Å².